The Morgan fingerprint density at radius 3 is 2.82 bits per heavy atom. The Morgan fingerprint density at radius 1 is 1.53 bits per heavy atom. The Hall–Kier alpha value is -1.91. The molecule has 0 unspecified atom stereocenters. The number of aliphatic carboxylic acids is 1. The molecule has 0 aromatic carbocycles. The number of hydrogen-bond donors (Lipinski definition) is 2. The summed E-state index contributed by atoms with van der Waals surface area (Å²) in [5, 5.41) is 11.5. The summed E-state index contributed by atoms with van der Waals surface area (Å²) >= 11 is 0. The van der Waals surface area contributed by atoms with Gasteiger partial charge in [-0.25, -0.2) is 4.79 Å². The minimum Gasteiger partial charge on any atom is -0.480 e. The van der Waals surface area contributed by atoms with Crippen molar-refractivity contribution in [2.24, 2.45) is 5.92 Å². The first-order valence-corrected chi connectivity index (χ1v) is 5.60. The third-order valence-corrected chi connectivity index (χ3v) is 2.79. The van der Waals surface area contributed by atoms with Gasteiger partial charge in [-0.2, -0.15) is 0 Å². The van der Waals surface area contributed by atoms with Gasteiger partial charge in [0.1, 0.15) is 6.04 Å². The fourth-order valence-corrected chi connectivity index (χ4v) is 1.65. The number of carboxylic acids is 1. The molecule has 5 nitrogen and oxygen atoms in total. The highest BCUT2D eigenvalue weighted by Gasteiger charge is 2.30. The van der Waals surface area contributed by atoms with Crippen molar-refractivity contribution in [2.75, 3.05) is 0 Å². The van der Waals surface area contributed by atoms with Gasteiger partial charge >= 0.3 is 5.97 Å². The number of aromatic nitrogens is 1. The van der Waals surface area contributed by atoms with E-state index in [1.165, 1.54) is 6.20 Å². The largest absolute Gasteiger partial charge is 0.480 e. The van der Waals surface area contributed by atoms with Crippen LogP contribution in [-0.2, 0) is 4.79 Å². The van der Waals surface area contributed by atoms with E-state index in [1.54, 1.807) is 18.3 Å². The number of amides is 1. The summed E-state index contributed by atoms with van der Waals surface area (Å²) in [5.41, 5.74) is 0.384. The van der Waals surface area contributed by atoms with Crippen LogP contribution in [0.5, 0.6) is 0 Å². The second kappa shape index (κ2) is 4.95. The van der Waals surface area contributed by atoms with Gasteiger partial charge in [0.2, 0.25) is 0 Å². The summed E-state index contributed by atoms with van der Waals surface area (Å²) in [5.74, 6) is -0.911. The Balaban J connectivity index is 1.97. The topological polar surface area (TPSA) is 79.3 Å². The maximum absolute atomic E-state index is 11.7. The molecule has 1 aliphatic rings. The molecule has 1 atom stereocenters. The van der Waals surface area contributed by atoms with Gasteiger partial charge in [-0.1, -0.05) is 12.8 Å². The van der Waals surface area contributed by atoms with Crippen LogP contribution in [0.2, 0.25) is 0 Å². The van der Waals surface area contributed by atoms with Crippen molar-refractivity contribution in [1.29, 1.82) is 0 Å². The molecule has 0 aliphatic heterocycles. The first kappa shape index (κ1) is 11.6. The predicted molar refractivity (Wildman–Crippen MR) is 60.5 cm³/mol. The number of carboxylic acid groups (broad SMARTS) is 1. The van der Waals surface area contributed by atoms with Crippen LogP contribution in [0, 0.1) is 5.92 Å². The first-order valence-electron chi connectivity index (χ1n) is 5.60. The van der Waals surface area contributed by atoms with Crippen LogP contribution in [0.15, 0.2) is 24.5 Å². The smallest absolute Gasteiger partial charge is 0.326 e. The third kappa shape index (κ3) is 3.27. The molecule has 0 saturated heterocycles. The Kier molecular flexibility index (Phi) is 3.37. The Morgan fingerprint density at radius 2 is 2.29 bits per heavy atom. The van der Waals surface area contributed by atoms with Crippen molar-refractivity contribution >= 4 is 11.9 Å². The highest BCUT2D eigenvalue weighted by atomic mass is 16.4. The van der Waals surface area contributed by atoms with Crippen molar-refractivity contribution < 1.29 is 14.7 Å². The number of nitrogens with zero attached hydrogens (tertiary/aromatic N) is 1. The molecule has 5 heteroatoms. The highest BCUT2D eigenvalue weighted by Crippen LogP contribution is 2.33. The molecule has 90 valence electrons. The highest BCUT2D eigenvalue weighted by molar-refractivity contribution is 5.96. The van der Waals surface area contributed by atoms with Crippen LogP contribution in [-0.4, -0.2) is 28.0 Å². The number of hydrogen-bond acceptors (Lipinski definition) is 3. The third-order valence-electron chi connectivity index (χ3n) is 2.79. The van der Waals surface area contributed by atoms with Gasteiger partial charge in [-0.15, -0.1) is 0 Å². The molecule has 1 amide bonds. The fraction of sp³-hybridized carbons (Fsp3) is 0.417. The average molecular weight is 234 g/mol. The molecule has 1 aromatic rings. The minimum atomic E-state index is -0.978. The molecule has 0 spiro atoms. The zero-order valence-corrected chi connectivity index (χ0v) is 9.30. The van der Waals surface area contributed by atoms with E-state index < -0.39 is 12.0 Å². The van der Waals surface area contributed by atoms with Crippen molar-refractivity contribution in [3.63, 3.8) is 0 Å². The molecule has 2 rings (SSSR count). The second-order valence-electron chi connectivity index (χ2n) is 4.29. The molecule has 0 radical (unpaired) electrons. The van der Waals surface area contributed by atoms with E-state index in [0.29, 0.717) is 17.9 Å². The van der Waals surface area contributed by atoms with Crippen molar-refractivity contribution in [1.82, 2.24) is 10.3 Å². The molecular weight excluding hydrogens is 220 g/mol. The Bertz CT molecular complexity index is 415. The van der Waals surface area contributed by atoms with Crippen LogP contribution < -0.4 is 5.32 Å². The van der Waals surface area contributed by atoms with Crippen molar-refractivity contribution in [3.05, 3.63) is 30.1 Å². The van der Waals surface area contributed by atoms with Gasteiger partial charge in [-0.05, 0) is 24.5 Å². The van der Waals surface area contributed by atoms with E-state index in [4.69, 9.17) is 5.11 Å². The lowest BCUT2D eigenvalue weighted by atomic mass is 10.1. The van der Waals surface area contributed by atoms with E-state index >= 15 is 0 Å². The molecular formula is C12H14N2O3. The van der Waals surface area contributed by atoms with Crippen LogP contribution >= 0.6 is 0 Å². The number of pyridine rings is 1. The lowest BCUT2D eigenvalue weighted by Gasteiger charge is -2.13. The molecule has 17 heavy (non-hydrogen) atoms. The van der Waals surface area contributed by atoms with Crippen molar-refractivity contribution in [3.8, 4) is 0 Å². The van der Waals surface area contributed by atoms with Crippen molar-refractivity contribution in [2.45, 2.75) is 25.3 Å². The molecule has 1 fully saturated rings. The summed E-state index contributed by atoms with van der Waals surface area (Å²) < 4.78 is 0. The summed E-state index contributed by atoms with van der Waals surface area (Å²) in [4.78, 5) is 26.6. The van der Waals surface area contributed by atoms with E-state index in [1.807, 2.05) is 0 Å². The van der Waals surface area contributed by atoms with Crippen LogP contribution in [0.25, 0.3) is 0 Å². The lowest BCUT2D eigenvalue weighted by molar-refractivity contribution is -0.139. The van der Waals surface area contributed by atoms with E-state index in [9.17, 15) is 9.59 Å². The zero-order chi connectivity index (χ0) is 12.3. The maximum Gasteiger partial charge on any atom is 0.326 e. The Labute approximate surface area is 98.9 Å². The zero-order valence-electron chi connectivity index (χ0n) is 9.30. The summed E-state index contributed by atoms with van der Waals surface area (Å²) in [7, 11) is 0. The second-order valence-corrected chi connectivity index (χ2v) is 4.29. The number of rotatable bonds is 5. The SMILES string of the molecule is O=C(N[C@H](CC1CC1)C(=O)O)c1cccnc1. The minimum absolute atomic E-state index is 0.383. The van der Waals surface area contributed by atoms with E-state index in [-0.39, 0.29) is 5.91 Å². The first-order chi connectivity index (χ1) is 8.16. The predicted octanol–water partition coefficient (Wildman–Crippen LogP) is 1.06. The number of carbonyl (C=O) groups is 2. The van der Waals surface area contributed by atoms with Gasteiger partial charge < -0.3 is 10.4 Å². The van der Waals surface area contributed by atoms with Gasteiger partial charge in [0.15, 0.2) is 0 Å². The summed E-state index contributed by atoms with van der Waals surface area (Å²) in [6.45, 7) is 0. The van der Waals surface area contributed by atoms with Crippen LogP contribution in [0.1, 0.15) is 29.6 Å². The number of carbonyl (C=O) groups excluding carboxylic acids is 1. The number of nitrogens with one attached hydrogen (secondary N) is 1. The average Bonchev–Trinajstić information content (AvgIpc) is 3.13. The molecule has 1 saturated carbocycles. The monoisotopic (exact) mass is 234 g/mol. The van der Waals surface area contributed by atoms with E-state index in [2.05, 4.69) is 10.3 Å². The molecule has 1 heterocycles. The van der Waals surface area contributed by atoms with Crippen LogP contribution in [0.4, 0.5) is 0 Å². The molecule has 2 N–H and O–H groups in total. The van der Waals surface area contributed by atoms with Gasteiger partial charge in [0.25, 0.3) is 5.91 Å². The van der Waals surface area contributed by atoms with Gasteiger partial charge in [0.05, 0.1) is 5.56 Å². The van der Waals surface area contributed by atoms with Gasteiger partial charge in [-0.3, -0.25) is 9.78 Å². The van der Waals surface area contributed by atoms with E-state index in [0.717, 1.165) is 12.8 Å². The molecule has 1 aliphatic carbocycles. The standard InChI is InChI=1S/C12H14N2O3/c15-11(9-2-1-5-13-7-9)14-10(12(16)17)6-8-3-4-8/h1-2,5,7-8,10H,3-4,6H2,(H,14,15)(H,16,17)/t10-/m1/s1. The maximum atomic E-state index is 11.7. The summed E-state index contributed by atoms with van der Waals surface area (Å²) in [6.07, 6.45) is 5.63. The molecule has 0 bridgehead atoms. The quantitative estimate of drug-likeness (QED) is 0.798. The lowest BCUT2D eigenvalue weighted by Crippen LogP contribution is -2.41. The fourth-order valence-electron chi connectivity index (χ4n) is 1.65. The van der Waals surface area contributed by atoms with Crippen LogP contribution in [0.3, 0.4) is 0 Å². The summed E-state index contributed by atoms with van der Waals surface area (Å²) in [6, 6.07) is 2.46. The van der Waals surface area contributed by atoms with Gasteiger partial charge in [0, 0.05) is 12.4 Å². The molecule has 1 aromatic heterocycles. The normalized spacial score (nSPS) is 16.2.